The summed E-state index contributed by atoms with van der Waals surface area (Å²) < 4.78 is 13.4. The van der Waals surface area contributed by atoms with Crippen molar-refractivity contribution in [1.82, 2.24) is 15.3 Å². The Hall–Kier alpha value is -2.90. The van der Waals surface area contributed by atoms with Crippen LogP contribution in [0.25, 0.3) is 0 Å². The zero-order valence-corrected chi connectivity index (χ0v) is 14.6. The maximum absolute atomic E-state index is 13.4. The molecule has 0 saturated heterocycles. The van der Waals surface area contributed by atoms with E-state index in [1.54, 1.807) is 19.1 Å². The van der Waals surface area contributed by atoms with Crippen LogP contribution in [0.1, 0.15) is 18.3 Å². The van der Waals surface area contributed by atoms with E-state index in [2.05, 4.69) is 31.2 Å². The molecule has 134 valence electrons. The smallest absolute Gasteiger partial charge is 0.319 e. The molecule has 0 aliphatic rings. The van der Waals surface area contributed by atoms with Crippen LogP contribution in [-0.2, 0) is 0 Å². The average Bonchev–Trinajstić information content (AvgIpc) is 2.56. The number of aromatic nitrogens is 2. The van der Waals surface area contributed by atoms with E-state index >= 15 is 0 Å². The molecule has 1 aromatic heterocycles. The van der Waals surface area contributed by atoms with Gasteiger partial charge >= 0.3 is 6.03 Å². The Morgan fingerprint density at radius 1 is 1.12 bits per heavy atom. The number of carbonyl (C=O) groups excluding carboxylic acids is 1. The number of carbonyl (C=O) groups is 1. The SMILES string of the molecule is CCNc1cc(NCCNC(=O)Nc2cccc(F)c2C)nc(C)n1. The van der Waals surface area contributed by atoms with E-state index in [1.807, 2.05) is 19.9 Å². The highest BCUT2D eigenvalue weighted by Gasteiger charge is 2.07. The molecular weight excluding hydrogens is 323 g/mol. The van der Waals surface area contributed by atoms with Crippen molar-refractivity contribution in [3.63, 3.8) is 0 Å². The summed E-state index contributed by atoms with van der Waals surface area (Å²) in [7, 11) is 0. The van der Waals surface area contributed by atoms with Gasteiger partial charge in [-0.25, -0.2) is 19.2 Å². The van der Waals surface area contributed by atoms with Crippen LogP contribution in [0, 0.1) is 19.7 Å². The van der Waals surface area contributed by atoms with Gasteiger partial charge < -0.3 is 21.3 Å². The summed E-state index contributed by atoms with van der Waals surface area (Å²) in [5.41, 5.74) is 0.857. The van der Waals surface area contributed by atoms with Crippen molar-refractivity contribution in [3.05, 3.63) is 41.5 Å². The fourth-order valence-corrected chi connectivity index (χ4v) is 2.21. The number of amides is 2. The summed E-state index contributed by atoms with van der Waals surface area (Å²) in [4.78, 5) is 20.4. The molecule has 8 heteroatoms. The molecule has 0 bridgehead atoms. The number of halogens is 1. The molecule has 0 fully saturated rings. The van der Waals surface area contributed by atoms with Crippen LogP contribution in [-0.4, -0.2) is 35.6 Å². The Morgan fingerprint density at radius 3 is 2.56 bits per heavy atom. The molecule has 0 aliphatic carbocycles. The number of hydrogen-bond donors (Lipinski definition) is 4. The van der Waals surface area contributed by atoms with E-state index < -0.39 is 0 Å². The fourth-order valence-electron chi connectivity index (χ4n) is 2.21. The van der Waals surface area contributed by atoms with Crippen LogP contribution in [0.2, 0.25) is 0 Å². The molecule has 2 amide bonds. The van der Waals surface area contributed by atoms with Crippen molar-refractivity contribution >= 4 is 23.4 Å². The number of anilines is 3. The van der Waals surface area contributed by atoms with Crippen molar-refractivity contribution in [2.75, 3.05) is 35.6 Å². The minimum absolute atomic E-state index is 0.352. The Bertz CT molecular complexity index is 737. The second-order valence-corrected chi connectivity index (χ2v) is 5.44. The lowest BCUT2D eigenvalue weighted by Crippen LogP contribution is -2.33. The van der Waals surface area contributed by atoms with Gasteiger partial charge in [-0.3, -0.25) is 0 Å². The molecule has 0 unspecified atom stereocenters. The van der Waals surface area contributed by atoms with Gasteiger partial charge in [0.15, 0.2) is 0 Å². The molecule has 0 atom stereocenters. The van der Waals surface area contributed by atoms with E-state index in [4.69, 9.17) is 0 Å². The molecular formula is C17H23FN6O. The lowest BCUT2D eigenvalue weighted by atomic mass is 10.2. The predicted octanol–water partition coefficient (Wildman–Crippen LogP) is 2.90. The third kappa shape index (κ3) is 5.59. The summed E-state index contributed by atoms with van der Waals surface area (Å²) in [6.45, 7) is 7.09. The lowest BCUT2D eigenvalue weighted by Gasteiger charge is -2.12. The van der Waals surface area contributed by atoms with E-state index in [0.29, 0.717) is 36.0 Å². The highest BCUT2D eigenvalue weighted by atomic mass is 19.1. The molecule has 2 rings (SSSR count). The standard InChI is InChI=1S/C17H23FN6O/c1-4-19-15-10-16(23-12(3)22-15)20-8-9-21-17(25)24-14-7-5-6-13(18)11(14)2/h5-7,10H,4,8-9H2,1-3H3,(H2,21,24,25)(H2,19,20,22,23). The van der Waals surface area contributed by atoms with Crippen LogP contribution in [0.15, 0.2) is 24.3 Å². The number of benzene rings is 1. The summed E-state index contributed by atoms with van der Waals surface area (Å²) in [6.07, 6.45) is 0. The Labute approximate surface area is 146 Å². The summed E-state index contributed by atoms with van der Waals surface area (Å²) >= 11 is 0. The van der Waals surface area contributed by atoms with Gasteiger partial charge in [0.25, 0.3) is 0 Å². The van der Waals surface area contributed by atoms with Crippen LogP contribution in [0.5, 0.6) is 0 Å². The number of hydrogen-bond acceptors (Lipinski definition) is 5. The van der Waals surface area contributed by atoms with Crippen molar-refractivity contribution in [2.45, 2.75) is 20.8 Å². The molecule has 0 spiro atoms. The van der Waals surface area contributed by atoms with Crippen LogP contribution in [0.4, 0.5) is 26.5 Å². The first kappa shape index (κ1) is 18.4. The van der Waals surface area contributed by atoms with Crippen molar-refractivity contribution in [2.24, 2.45) is 0 Å². The topological polar surface area (TPSA) is 91.0 Å². The highest BCUT2D eigenvalue weighted by Crippen LogP contribution is 2.17. The van der Waals surface area contributed by atoms with Gasteiger partial charge in [-0.2, -0.15) is 0 Å². The van der Waals surface area contributed by atoms with Crippen molar-refractivity contribution in [3.8, 4) is 0 Å². The molecule has 1 heterocycles. The molecule has 0 saturated carbocycles. The van der Waals surface area contributed by atoms with E-state index in [1.165, 1.54) is 6.07 Å². The summed E-state index contributed by atoms with van der Waals surface area (Å²) in [5.74, 6) is 1.75. The van der Waals surface area contributed by atoms with Gasteiger partial charge in [-0.15, -0.1) is 0 Å². The van der Waals surface area contributed by atoms with Gasteiger partial charge in [0.1, 0.15) is 23.3 Å². The Kier molecular flexibility index (Phi) is 6.50. The molecule has 0 aliphatic heterocycles. The number of nitrogens with one attached hydrogen (secondary N) is 4. The second kappa shape index (κ2) is 8.81. The number of nitrogens with zero attached hydrogens (tertiary/aromatic N) is 2. The van der Waals surface area contributed by atoms with Gasteiger partial charge in [-0.05, 0) is 32.9 Å². The highest BCUT2D eigenvalue weighted by molar-refractivity contribution is 5.90. The van der Waals surface area contributed by atoms with E-state index in [0.717, 1.165) is 12.4 Å². The van der Waals surface area contributed by atoms with Crippen molar-refractivity contribution in [1.29, 1.82) is 0 Å². The predicted molar refractivity (Wildman–Crippen MR) is 97.6 cm³/mol. The molecule has 0 radical (unpaired) electrons. The zero-order chi connectivity index (χ0) is 18.2. The van der Waals surface area contributed by atoms with E-state index in [-0.39, 0.29) is 11.8 Å². The quantitative estimate of drug-likeness (QED) is 0.579. The second-order valence-electron chi connectivity index (χ2n) is 5.44. The average molecular weight is 346 g/mol. The summed E-state index contributed by atoms with van der Waals surface area (Å²) in [6, 6.07) is 5.99. The first-order valence-corrected chi connectivity index (χ1v) is 8.13. The molecule has 1 aromatic carbocycles. The molecule has 2 aromatic rings. The van der Waals surface area contributed by atoms with Gasteiger partial charge in [0.05, 0.1) is 0 Å². The van der Waals surface area contributed by atoms with Crippen LogP contribution in [0.3, 0.4) is 0 Å². The molecule has 7 nitrogen and oxygen atoms in total. The van der Waals surface area contributed by atoms with Crippen LogP contribution >= 0.6 is 0 Å². The first-order chi connectivity index (χ1) is 12.0. The lowest BCUT2D eigenvalue weighted by molar-refractivity contribution is 0.252. The zero-order valence-electron chi connectivity index (χ0n) is 14.6. The molecule has 4 N–H and O–H groups in total. The minimum Gasteiger partial charge on any atom is -0.370 e. The van der Waals surface area contributed by atoms with Crippen molar-refractivity contribution < 1.29 is 9.18 Å². The third-order valence-electron chi connectivity index (χ3n) is 3.43. The summed E-state index contributed by atoms with van der Waals surface area (Å²) in [5, 5.41) is 11.6. The third-order valence-corrected chi connectivity index (χ3v) is 3.43. The van der Waals surface area contributed by atoms with E-state index in [9.17, 15) is 9.18 Å². The monoisotopic (exact) mass is 346 g/mol. The number of urea groups is 1. The van der Waals surface area contributed by atoms with Gasteiger partial charge in [0.2, 0.25) is 0 Å². The normalized spacial score (nSPS) is 10.2. The minimum atomic E-state index is -0.386. The number of aryl methyl sites for hydroxylation is 1. The van der Waals surface area contributed by atoms with Gasteiger partial charge in [-0.1, -0.05) is 6.07 Å². The largest absolute Gasteiger partial charge is 0.370 e. The first-order valence-electron chi connectivity index (χ1n) is 8.13. The fraction of sp³-hybridized carbons (Fsp3) is 0.353. The number of rotatable bonds is 7. The Morgan fingerprint density at radius 2 is 1.84 bits per heavy atom. The molecule has 25 heavy (non-hydrogen) atoms. The van der Waals surface area contributed by atoms with Crippen LogP contribution < -0.4 is 21.3 Å². The maximum atomic E-state index is 13.4. The van der Waals surface area contributed by atoms with Gasteiger partial charge in [0, 0.05) is 37.0 Å². The maximum Gasteiger partial charge on any atom is 0.319 e. The Balaban J connectivity index is 1.79.